The quantitative estimate of drug-likeness (QED) is 0.632. The molecule has 0 radical (unpaired) electrons. The first kappa shape index (κ1) is 7.99. The SMILES string of the molecule is c1ccc2[nH]c(C3NCON3)cc2c1. The van der Waals surface area contributed by atoms with Crippen molar-refractivity contribution in [2.45, 2.75) is 6.17 Å². The van der Waals surface area contributed by atoms with Gasteiger partial charge in [0.1, 0.15) is 12.9 Å². The summed E-state index contributed by atoms with van der Waals surface area (Å²) >= 11 is 0. The largest absolute Gasteiger partial charge is 0.356 e. The van der Waals surface area contributed by atoms with E-state index in [1.807, 2.05) is 12.1 Å². The van der Waals surface area contributed by atoms with Gasteiger partial charge in [0.25, 0.3) is 0 Å². The maximum Gasteiger partial charge on any atom is 0.124 e. The van der Waals surface area contributed by atoms with Gasteiger partial charge in [-0.3, -0.25) is 10.2 Å². The van der Waals surface area contributed by atoms with E-state index in [-0.39, 0.29) is 6.17 Å². The number of para-hydroxylation sites is 1. The molecule has 2 aromatic rings. The van der Waals surface area contributed by atoms with Crippen LogP contribution in [0.15, 0.2) is 30.3 Å². The molecular weight excluding hydrogens is 178 g/mol. The Hall–Kier alpha value is -1.36. The van der Waals surface area contributed by atoms with E-state index < -0.39 is 0 Å². The summed E-state index contributed by atoms with van der Waals surface area (Å²) in [5.74, 6) is 0. The molecular formula is C10H11N3O. The van der Waals surface area contributed by atoms with Crippen LogP contribution in [0.2, 0.25) is 0 Å². The number of hydroxylamine groups is 1. The molecule has 3 N–H and O–H groups in total. The molecule has 1 aromatic heterocycles. The second kappa shape index (κ2) is 3.09. The molecule has 1 aliphatic rings. The molecule has 2 heterocycles. The van der Waals surface area contributed by atoms with Gasteiger partial charge in [0.05, 0.1) is 5.69 Å². The average molecular weight is 189 g/mol. The molecule has 1 aromatic carbocycles. The Balaban J connectivity index is 2.05. The van der Waals surface area contributed by atoms with Crippen molar-refractivity contribution in [3.63, 3.8) is 0 Å². The molecule has 4 nitrogen and oxygen atoms in total. The van der Waals surface area contributed by atoms with Crippen molar-refractivity contribution in [2.75, 3.05) is 6.73 Å². The number of rotatable bonds is 1. The van der Waals surface area contributed by atoms with Gasteiger partial charge in [-0.1, -0.05) is 18.2 Å². The van der Waals surface area contributed by atoms with Crippen molar-refractivity contribution < 1.29 is 4.84 Å². The second-order valence-corrected chi connectivity index (χ2v) is 3.36. The first-order valence-electron chi connectivity index (χ1n) is 4.62. The standard InChI is InChI=1S/C10H11N3O/c1-2-4-8-7(3-1)5-9(12-8)10-11-6-14-13-10/h1-5,10-13H,6H2. The van der Waals surface area contributed by atoms with Crippen molar-refractivity contribution in [1.82, 2.24) is 15.8 Å². The van der Waals surface area contributed by atoms with E-state index in [1.54, 1.807) is 0 Å². The van der Waals surface area contributed by atoms with Gasteiger partial charge in [0, 0.05) is 5.52 Å². The number of aromatic nitrogens is 1. The van der Waals surface area contributed by atoms with E-state index in [2.05, 4.69) is 34.0 Å². The highest BCUT2D eigenvalue weighted by Crippen LogP contribution is 2.19. The summed E-state index contributed by atoms with van der Waals surface area (Å²) in [6.07, 6.45) is 0.0717. The van der Waals surface area contributed by atoms with E-state index in [4.69, 9.17) is 4.84 Å². The van der Waals surface area contributed by atoms with Gasteiger partial charge in [-0.25, -0.2) is 0 Å². The number of H-pyrrole nitrogens is 1. The third kappa shape index (κ3) is 1.21. The highest BCUT2D eigenvalue weighted by Gasteiger charge is 2.17. The summed E-state index contributed by atoms with van der Waals surface area (Å²) in [5, 5.41) is 4.39. The van der Waals surface area contributed by atoms with Gasteiger partial charge in [-0.15, -0.1) is 0 Å². The van der Waals surface area contributed by atoms with Gasteiger partial charge in [0.2, 0.25) is 0 Å². The summed E-state index contributed by atoms with van der Waals surface area (Å²) in [6, 6.07) is 10.3. The zero-order valence-electron chi connectivity index (χ0n) is 7.58. The van der Waals surface area contributed by atoms with Crippen LogP contribution in [0, 0.1) is 0 Å². The predicted octanol–water partition coefficient (Wildman–Crippen LogP) is 1.25. The van der Waals surface area contributed by atoms with E-state index in [9.17, 15) is 0 Å². The molecule has 1 aliphatic heterocycles. The smallest absolute Gasteiger partial charge is 0.124 e. The van der Waals surface area contributed by atoms with Gasteiger partial charge in [0.15, 0.2) is 0 Å². The number of hydrogen-bond acceptors (Lipinski definition) is 3. The molecule has 1 saturated heterocycles. The van der Waals surface area contributed by atoms with Crippen LogP contribution in [0.4, 0.5) is 0 Å². The van der Waals surface area contributed by atoms with Gasteiger partial charge in [-0.2, -0.15) is 5.48 Å². The molecule has 14 heavy (non-hydrogen) atoms. The predicted molar refractivity (Wildman–Crippen MR) is 53.3 cm³/mol. The van der Waals surface area contributed by atoms with Crippen LogP contribution >= 0.6 is 0 Å². The van der Waals surface area contributed by atoms with E-state index in [0.29, 0.717) is 6.73 Å². The van der Waals surface area contributed by atoms with Crippen molar-refractivity contribution in [3.05, 3.63) is 36.0 Å². The molecule has 0 amide bonds. The Morgan fingerprint density at radius 2 is 2.21 bits per heavy atom. The Morgan fingerprint density at radius 3 is 3.00 bits per heavy atom. The summed E-state index contributed by atoms with van der Waals surface area (Å²) in [5.41, 5.74) is 5.14. The van der Waals surface area contributed by atoms with Crippen LogP contribution in [0.5, 0.6) is 0 Å². The molecule has 0 spiro atoms. The Labute approximate surface area is 81.2 Å². The number of aromatic amines is 1. The first-order valence-corrected chi connectivity index (χ1v) is 4.62. The Morgan fingerprint density at radius 1 is 1.29 bits per heavy atom. The lowest BCUT2D eigenvalue weighted by molar-refractivity contribution is 0.0868. The minimum Gasteiger partial charge on any atom is -0.356 e. The summed E-state index contributed by atoms with van der Waals surface area (Å²) in [6.45, 7) is 0.542. The minimum atomic E-state index is 0.0717. The molecule has 4 heteroatoms. The Bertz CT molecular complexity index is 412. The molecule has 0 aliphatic carbocycles. The molecule has 1 atom stereocenters. The highest BCUT2D eigenvalue weighted by molar-refractivity contribution is 5.80. The number of nitrogens with one attached hydrogen (secondary N) is 3. The topological polar surface area (TPSA) is 49.1 Å². The van der Waals surface area contributed by atoms with Gasteiger partial charge < -0.3 is 4.98 Å². The van der Waals surface area contributed by atoms with E-state index >= 15 is 0 Å². The third-order valence-corrected chi connectivity index (χ3v) is 2.42. The van der Waals surface area contributed by atoms with Crippen molar-refractivity contribution >= 4 is 10.9 Å². The second-order valence-electron chi connectivity index (χ2n) is 3.36. The molecule has 1 unspecified atom stereocenters. The summed E-state index contributed by atoms with van der Waals surface area (Å²) in [7, 11) is 0. The molecule has 0 saturated carbocycles. The third-order valence-electron chi connectivity index (χ3n) is 2.42. The van der Waals surface area contributed by atoms with Crippen molar-refractivity contribution in [2.24, 2.45) is 0 Å². The lowest BCUT2D eigenvalue weighted by Gasteiger charge is -2.04. The molecule has 0 bridgehead atoms. The average Bonchev–Trinajstić information content (AvgIpc) is 2.86. The molecule has 3 rings (SSSR count). The van der Waals surface area contributed by atoms with Crippen LogP contribution in [-0.4, -0.2) is 11.7 Å². The first-order chi connectivity index (χ1) is 6.93. The maximum absolute atomic E-state index is 5.03. The number of hydrogen-bond donors (Lipinski definition) is 3. The zero-order chi connectivity index (χ0) is 9.38. The minimum absolute atomic E-state index is 0.0717. The number of benzene rings is 1. The zero-order valence-corrected chi connectivity index (χ0v) is 7.58. The van der Waals surface area contributed by atoms with Crippen LogP contribution in [0.1, 0.15) is 11.9 Å². The van der Waals surface area contributed by atoms with Crippen molar-refractivity contribution in [3.8, 4) is 0 Å². The lowest BCUT2D eigenvalue weighted by Crippen LogP contribution is -2.20. The van der Waals surface area contributed by atoms with Crippen LogP contribution < -0.4 is 10.8 Å². The van der Waals surface area contributed by atoms with Crippen LogP contribution in [-0.2, 0) is 4.84 Å². The summed E-state index contributed by atoms with van der Waals surface area (Å²) < 4.78 is 0. The highest BCUT2D eigenvalue weighted by atomic mass is 16.7. The fourth-order valence-corrected chi connectivity index (χ4v) is 1.72. The maximum atomic E-state index is 5.03. The normalized spacial score (nSPS) is 21.9. The van der Waals surface area contributed by atoms with Crippen LogP contribution in [0.25, 0.3) is 10.9 Å². The lowest BCUT2D eigenvalue weighted by atomic mass is 10.2. The van der Waals surface area contributed by atoms with Crippen LogP contribution in [0.3, 0.4) is 0 Å². The van der Waals surface area contributed by atoms with E-state index in [0.717, 1.165) is 11.2 Å². The fraction of sp³-hybridized carbons (Fsp3) is 0.200. The van der Waals surface area contributed by atoms with Gasteiger partial charge in [-0.05, 0) is 17.5 Å². The fourth-order valence-electron chi connectivity index (χ4n) is 1.72. The summed E-state index contributed by atoms with van der Waals surface area (Å²) in [4.78, 5) is 8.36. The molecule has 1 fully saturated rings. The number of fused-ring (bicyclic) bond motifs is 1. The van der Waals surface area contributed by atoms with Crippen molar-refractivity contribution in [1.29, 1.82) is 0 Å². The van der Waals surface area contributed by atoms with Gasteiger partial charge >= 0.3 is 0 Å². The van der Waals surface area contributed by atoms with E-state index in [1.165, 1.54) is 5.39 Å². The monoisotopic (exact) mass is 189 g/mol. The Kier molecular flexibility index (Phi) is 1.77. The molecule has 72 valence electrons.